The minimum atomic E-state index is -0.588. The highest BCUT2D eigenvalue weighted by molar-refractivity contribution is 5.86. The van der Waals surface area contributed by atoms with Gasteiger partial charge in [0, 0.05) is 5.57 Å². The maximum Gasteiger partial charge on any atom is 0.408 e. The van der Waals surface area contributed by atoms with E-state index in [1.54, 1.807) is 27.7 Å². The molecule has 0 fully saturated rings. The molecule has 1 rings (SSSR count). The fourth-order valence-corrected chi connectivity index (χ4v) is 1.82. The van der Waals surface area contributed by atoms with Gasteiger partial charge in [0.15, 0.2) is 0 Å². The summed E-state index contributed by atoms with van der Waals surface area (Å²) >= 11 is 0. The second kappa shape index (κ2) is 8.36. The van der Waals surface area contributed by atoms with Crippen molar-refractivity contribution in [3.05, 3.63) is 48.0 Å². The van der Waals surface area contributed by atoms with Crippen LogP contribution in [0.5, 0.6) is 0 Å². The van der Waals surface area contributed by atoms with E-state index >= 15 is 0 Å². The smallest absolute Gasteiger partial charge is 0.408 e. The molecular weight excluding hydrogens is 294 g/mol. The van der Waals surface area contributed by atoms with Crippen LogP contribution in [0.2, 0.25) is 0 Å². The quantitative estimate of drug-likeness (QED) is 0.646. The van der Waals surface area contributed by atoms with Gasteiger partial charge in [-0.15, -0.1) is 0 Å². The Hall–Kier alpha value is -2.30. The van der Waals surface area contributed by atoms with Gasteiger partial charge in [-0.05, 0) is 39.7 Å². The molecule has 0 spiro atoms. The van der Waals surface area contributed by atoms with Crippen LogP contribution >= 0.6 is 0 Å². The van der Waals surface area contributed by atoms with Crippen molar-refractivity contribution in [1.29, 1.82) is 0 Å². The van der Waals surface area contributed by atoms with Gasteiger partial charge >= 0.3 is 12.1 Å². The number of nitrogens with one attached hydrogen (secondary N) is 1. The Morgan fingerprint density at radius 3 is 2.35 bits per heavy atom. The molecule has 0 aliphatic rings. The molecule has 1 atom stereocenters. The van der Waals surface area contributed by atoms with Crippen molar-refractivity contribution in [2.45, 2.75) is 45.8 Å². The molecule has 0 saturated carbocycles. The van der Waals surface area contributed by atoms with Gasteiger partial charge < -0.3 is 14.8 Å². The Bertz CT molecular complexity index is 546. The molecule has 0 radical (unpaired) electrons. The number of carbonyl (C=O) groups is 2. The summed E-state index contributed by atoms with van der Waals surface area (Å²) < 4.78 is 10.4. The van der Waals surface area contributed by atoms with Gasteiger partial charge in [0.25, 0.3) is 0 Å². The lowest BCUT2D eigenvalue weighted by Gasteiger charge is -2.23. The standard InChI is InChI=1S/C18H25NO4/c1-13(2)16(20)22-12-15(11-14-9-7-6-8-10-14)19-17(21)23-18(3,4)5/h6-10,15H,1,11-12H2,2-5H3,(H,19,21)/t15-/m0/s1. The predicted octanol–water partition coefficient (Wildman–Crippen LogP) is 3.24. The van der Waals surface area contributed by atoms with Crippen LogP contribution in [-0.4, -0.2) is 30.3 Å². The topological polar surface area (TPSA) is 64.6 Å². The first-order valence-electron chi connectivity index (χ1n) is 7.53. The third-order valence-electron chi connectivity index (χ3n) is 2.81. The molecule has 1 amide bonds. The van der Waals surface area contributed by atoms with Crippen molar-refractivity contribution < 1.29 is 19.1 Å². The average molecular weight is 319 g/mol. The molecule has 1 aromatic rings. The summed E-state index contributed by atoms with van der Waals surface area (Å²) in [6.45, 7) is 10.5. The van der Waals surface area contributed by atoms with E-state index in [0.717, 1.165) is 5.56 Å². The molecule has 5 nitrogen and oxygen atoms in total. The van der Waals surface area contributed by atoms with Crippen LogP contribution in [0.25, 0.3) is 0 Å². The molecule has 5 heteroatoms. The van der Waals surface area contributed by atoms with E-state index in [2.05, 4.69) is 11.9 Å². The summed E-state index contributed by atoms with van der Waals surface area (Å²) in [5.74, 6) is -0.478. The van der Waals surface area contributed by atoms with Crippen LogP contribution in [0.3, 0.4) is 0 Å². The number of benzene rings is 1. The average Bonchev–Trinajstić information content (AvgIpc) is 2.43. The number of amides is 1. The number of ether oxygens (including phenoxy) is 2. The second-order valence-electron chi connectivity index (χ2n) is 6.41. The second-order valence-corrected chi connectivity index (χ2v) is 6.41. The van der Waals surface area contributed by atoms with Gasteiger partial charge in [-0.25, -0.2) is 9.59 Å². The zero-order chi connectivity index (χ0) is 17.5. The normalized spacial score (nSPS) is 12.2. The lowest BCUT2D eigenvalue weighted by molar-refractivity contribution is -0.139. The summed E-state index contributed by atoms with van der Waals surface area (Å²) in [6.07, 6.45) is -0.00591. The van der Waals surface area contributed by atoms with E-state index in [9.17, 15) is 9.59 Å². The summed E-state index contributed by atoms with van der Waals surface area (Å²) in [6, 6.07) is 9.27. The highest BCUT2D eigenvalue weighted by Gasteiger charge is 2.21. The van der Waals surface area contributed by atoms with Crippen LogP contribution in [0, 0.1) is 0 Å². The van der Waals surface area contributed by atoms with Crippen molar-refractivity contribution in [2.75, 3.05) is 6.61 Å². The molecule has 0 unspecified atom stereocenters. The number of esters is 1. The lowest BCUT2D eigenvalue weighted by atomic mass is 10.1. The van der Waals surface area contributed by atoms with E-state index in [1.165, 1.54) is 0 Å². The zero-order valence-corrected chi connectivity index (χ0v) is 14.2. The van der Waals surface area contributed by atoms with Crippen molar-refractivity contribution in [3.8, 4) is 0 Å². The van der Waals surface area contributed by atoms with Gasteiger partial charge in [0.05, 0.1) is 6.04 Å². The molecular formula is C18H25NO4. The Labute approximate surface area is 137 Å². The Kier molecular flexibility index (Phi) is 6.82. The fraction of sp³-hybridized carbons (Fsp3) is 0.444. The Morgan fingerprint density at radius 1 is 1.22 bits per heavy atom. The molecule has 0 aromatic heterocycles. The largest absolute Gasteiger partial charge is 0.460 e. The highest BCUT2D eigenvalue weighted by Crippen LogP contribution is 2.09. The third kappa shape index (κ3) is 8.04. The predicted molar refractivity (Wildman–Crippen MR) is 89.1 cm³/mol. The molecule has 0 heterocycles. The number of alkyl carbamates (subject to hydrolysis) is 1. The minimum absolute atomic E-state index is 0.0554. The van der Waals surface area contributed by atoms with Crippen molar-refractivity contribution in [3.63, 3.8) is 0 Å². The molecule has 0 saturated heterocycles. The summed E-state index contributed by atoms with van der Waals surface area (Å²) in [5, 5.41) is 2.75. The zero-order valence-electron chi connectivity index (χ0n) is 14.2. The van der Waals surface area contributed by atoms with Gasteiger partial charge in [0.2, 0.25) is 0 Å². The van der Waals surface area contributed by atoms with Crippen LogP contribution in [0.15, 0.2) is 42.5 Å². The van der Waals surface area contributed by atoms with E-state index in [1.807, 2.05) is 30.3 Å². The molecule has 0 aliphatic carbocycles. The molecule has 0 bridgehead atoms. The van der Waals surface area contributed by atoms with Crippen molar-refractivity contribution >= 4 is 12.1 Å². The SMILES string of the molecule is C=C(C)C(=O)OC[C@H](Cc1ccccc1)NC(=O)OC(C)(C)C. The fourth-order valence-electron chi connectivity index (χ4n) is 1.82. The third-order valence-corrected chi connectivity index (χ3v) is 2.81. The van der Waals surface area contributed by atoms with Crippen LogP contribution in [0.4, 0.5) is 4.79 Å². The number of carbonyl (C=O) groups excluding carboxylic acids is 2. The monoisotopic (exact) mass is 319 g/mol. The van der Waals surface area contributed by atoms with E-state index < -0.39 is 17.7 Å². The van der Waals surface area contributed by atoms with Crippen molar-refractivity contribution in [1.82, 2.24) is 5.32 Å². The van der Waals surface area contributed by atoms with Crippen molar-refractivity contribution in [2.24, 2.45) is 0 Å². The van der Waals surface area contributed by atoms with E-state index in [0.29, 0.717) is 12.0 Å². The first kappa shape index (κ1) is 18.7. The summed E-state index contributed by atoms with van der Waals surface area (Å²) in [5.41, 5.74) is 0.760. The molecule has 23 heavy (non-hydrogen) atoms. The summed E-state index contributed by atoms with van der Waals surface area (Å²) in [7, 11) is 0. The number of hydrogen-bond donors (Lipinski definition) is 1. The van der Waals surface area contributed by atoms with Crippen LogP contribution in [0.1, 0.15) is 33.3 Å². The van der Waals surface area contributed by atoms with Gasteiger partial charge in [-0.3, -0.25) is 0 Å². The maximum absolute atomic E-state index is 11.9. The highest BCUT2D eigenvalue weighted by atomic mass is 16.6. The lowest BCUT2D eigenvalue weighted by Crippen LogP contribution is -2.43. The first-order chi connectivity index (χ1) is 10.7. The molecule has 1 aromatic carbocycles. The molecule has 1 N–H and O–H groups in total. The van der Waals surface area contributed by atoms with Crippen LogP contribution < -0.4 is 5.32 Å². The Balaban J connectivity index is 2.69. The van der Waals surface area contributed by atoms with E-state index in [-0.39, 0.29) is 12.6 Å². The Morgan fingerprint density at radius 2 is 1.83 bits per heavy atom. The number of rotatable bonds is 6. The molecule has 0 aliphatic heterocycles. The van der Waals surface area contributed by atoms with Gasteiger partial charge in [-0.2, -0.15) is 0 Å². The van der Waals surface area contributed by atoms with E-state index in [4.69, 9.17) is 9.47 Å². The van der Waals surface area contributed by atoms with Gasteiger partial charge in [-0.1, -0.05) is 36.9 Å². The molecule has 126 valence electrons. The first-order valence-corrected chi connectivity index (χ1v) is 7.53. The van der Waals surface area contributed by atoms with Crippen LogP contribution in [-0.2, 0) is 20.7 Å². The number of hydrogen-bond acceptors (Lipinski definition) is 4. The maximum atomic E-state index is 11.9. The summed E-state index contributed by atoms with van der Waals surface area (Å²) in [4.78, 5) is 23.5. The van der Waals surface area contributed by atoms with Gasteiger partial charge in [0.1, 0.15) is 12.2 Å². The minimum Gasteiger partial charge on any atom is -0.460 e.